The van der Waals surface area contributed by atoms with E-state index >= 15 is 0 Å². The quantitative estimate of drug-likeness (QED) is 0.916. The SMILES string of the molecule is CC(C(=O)Nc1ccc(N(C)C)cc1)n1nc(C2CC2)ccc1=O. The third-order valence-corrected chi connectivity index (χ3v) is 4.24. The van der Waals surface area contributed by atoms with Gasteiger partial charge < -0.3 is 10.2 Å². The number of carbonyl (C=O) groups is 1. The smallest absolute Gasteiger partial charge is 0.267 e. The van der Waals surface area contributed by atoms with Gasteiger partial charge in [0.05, 0.1) is 5.69 Å². The van der Waals surface area contributed by atoms with E-state index in [1.807, 2.05) is 43.3 Å². The van der Waals surface area contributed by atoms with Gasteiger partial charge in [-0.2, -0.15) is 5.10 Å². The van der Waals surface area contributed by atoms with Crippen LogP contribution < -0.4 is 15.8 Å². The highest BCUT2D eigenvalue weighted by atomic mass is 16.2. The normalized spacial score (nSPS) is 15.0. The molecule has 6 heteroatoms. The minimum Gasteiger partial charge on any atom is -0.378 e. The molecule has 1 amide bonds. The minimum atomic E-state index is -0.662. The van der Waals surface area contributed by atoms with Crippen molar-refractivity contribution in [2.75, 3.05) is 24.3 Å². The van der Waals surface area contributed by atoms with Crippen LogP contribution in [0.5, 0.6) is 0 Å². The summed E-state index contributed by atoms with van der Waals surface area (Å²) in [6.07, 6.45) is 2.20. The molecule has 0 spiro atoms. The Labute approximate surface area is 141 Å². The van der Waals surface area contributed by atoms with Gasteiger partial charge in [-0.3, -0.25) is 9.59 Å². The van der Waals surface area contributed by atoms with Gasteiger partial charge >= 0.3 is 0 Å². The van der Waals surface area contributed by atoms with E-state index in [1.54, 1.807) is 13.0 Å². The van der Waals surface area contributed by atoms with E-state index in [0.29, 0.717) is 11.6 Å². The van der Waals surface area contributed by atoms with Crippen LogP contribution in [0.25, 0.3) is 0 Å². The topological polar surface area (TPSA) is 67.2 Å². The molecule has 1 aromatic heterocycles. The van der Waals surface area contributed by atoms with Crippen molar-refractivity contribution >= 4 is 17.3 Å². The Hall–Kier alpha value is -2.63. The van der Waals surface area contributed by atoms with E-state index in [2.05, 4.69) is 10.4 Å². The van der Waals surface area contributed by atoms with Crippen LogP contribution in [0.1, 0.15) is 37.4 Å². The Morgan fingerprint density at radius 1 is 1.21 bits per heavy atom. The molecule has 24 heavy (non-hydrogen) atoms. The summed E-state index contributed by atoms with van der Waals surface area (Å²) in [5.74, 6) is 0.181. The van der Waals surface area contributed by atoms with Crippen molar-refractivity contribution in [1.82, 2.24) is 9.78 Å². The maximum atomic E-state index is 12.5. The Bertz CT molecular complexity index is 791. The Morgan fingerprint density at radius 2 is 1.88 bits per heavy atom. The molecule has 1 aromatic carbocycles. The number of aromatic nitrogens is 2. The molecule has 1 N–H and O–H groups in total. The molecule has 1 fully saturated rings. The van der Waals surface area contributed by atoms with Crippen LogP contribution in [0.3, 0.4) is 0 Å². The second-order valence-corrected chi connectivity index (χ2v) is 6.42. The number of amides is 1. The predicted octanol–water partition coefficient (Wildman–Crippen LogP) is 2.39. The van der Waals surface area contributed by atoms with Crippen LogP contribution in [0, 0.1) is 0 Å². The number of nitrogens with zero attached hydrogens (tertiary/aromatic N) is 3. The number of rotatable bonds is 5. The molecular formula is C18H22N4O2. The largest absolute Gasteiger partial charge is 0.378 e. The molecule has 0 radical (unpaired) electrons. The van der Waals surface area contributed by atoms with Crippen LogP contribution in [-0.4, -0.2) is 29.8 Å². The Kier molecular flexibility index (Phi) is 4.38. The van der Waals surface area contributed by atoms with Gasteiger partial charge in [-0.05, 0) is 50.1 Å². The van der Waals surface area contributed by atoms with Gasteiger partial charge in [0, 0.05) is 37.5 Å². The first kappa shape index (κ1) is 16.2. The maximum Gasteiger partial charge on any atom is 0.267 e. The fourth-order valence-corrected chi connectivity index (χ4v) is 2.52. The summed E-state index contributed by atoms with van der Waals surface area (Å²) >= 11 is 0. The van der Waals surface area contributed by atoms with Gasteiger partial charge in [-0.25, -0.2) is 4.68 Å². The summed E-state index contributed by atoms with van der Waals surface area (Å²) in [5.41, 5.74) is 2.38. The van der Waals surface area contributed by atoms with Crippen molar-refractivity contribution < 1.29 is 4.79 Å². The van der Waals surface area contributed by atoms with Crippen molar-refractivity contribution in [3.63, 3.8) is 0 Å². The molecule has 0 bridgehead atoms. The summed E-state index contributed by atoms with van der Waals surface area (Å²) in [5, 5.41) is 7.21. The van der Waals surface area contributed by atoms with E-state index in [9.17, 15) is 9.59 Å². The highest BCUT2D eigenvalue weighted by Crippen LogP contribution is 2.38. The molecule has 1 heterocycles. The highest BCUT2D eigenvalue weighted by Gasteiger charge is 2.27. The molecule has 0 saturated heterocycles. The molecule has 2 aromatic rings. The monoisotopic (exact) mass is 326 g/mol. The summed E-state index contributed by atoms with van der Waals surface area (Å²) < 4.78 is 1.27. The van der Waals surface area contributed by atoms with Gasteiger partial charge in [0.15, 0.2) is 0 Å². The van der Waals surface area contributed by atoms with E-state index < -0.39 is 6.04 Å². The van der Waals surface area contributed by atoms with Gasteiger partial charge in [0.25, 0.3) is 5.56 Å². The molecule has 6 nitrogen and oxygen atoms in total. The van der Waals surface area contributed by atoms with Crippen molar-refractivity contribution in [2.45, 2.75) is 31.7 Å². The highest BCUT2D eigenvalue weighted by molar-refractivity contribution is 5.93. The Balaban J connectivity index is 1.74. The first-order valence-corrected chi connectivity index (χ1v) is 8.13. The van der Waals surface area contributed by atoms with E-state index in [-0.39, 0.29) is 11.5 Å². The van der Waals surface area contributed by atoms with Crippen LogP contribution in [0.4, 0.5) is 11.4 Å². The summed E-state index contributed by atoms with van der Waals surface area (Å²) in [6.45, 7) is 1.69. The average Bonchev–Trinajstić information content (AvgIpc) is 3.40. The standard InChI is InChI=1S/C18H22N4O2/c1-12(22-17(23)11-10-16(20-22)13-4-5-13)18(24)19-14-6-8-15(9-7-14)21(2)3/h6-13H,4-5H2,1-3H3,(H,19,24). The fourth-order valence-electron chi connectivity index (χ4n) is 2.52. The lowest BCUT2D eigenvalue weighted by atomic mass is 10.2. The number of hydrogen-bond donors (Lipinski definition) is 1. The van der Waals surface area contributed by atoms with Gasteiger partial charge in [0.1, 0.15) is 6.04 Å². The van der Waals surface area contributed by atoms with Crippen LogP contribution in [0.15, 0.2) is 41.2 Å². The number of hydrogen-bond acceptors (Lipinski definition) is 4. The maximum absolute atomic E-state index is 12.5. The lowest BCUT2D eigenvalue weighted by Gasteiger charge is -2.16. The molecule has 1 unspecified atom stereocenters. The lowest BCUT2D eigenvalue weighted by Crippen LogP contribution is -2.33. The minimum absolute atomic E-state index is 0.254. The number of nitrogens with one attached hydrogen (secondary N) is 1. The Morgan fingerprint density at radius 3 is 2.46 bits per heavy atom. The zero-order valence-electron chi connectivity index (χ0n) is 14.2. The molecule has 1 aliphatic carbocycles. The second-order valence-electron chi connectivity index (χ2n) is 6.42. The number of anilines is 2. The van der Waals surface area contributed by atoms with Crippen LogP contribution >= 0.6 is 0 Å². The van der Waals surface area contributed by atoms with E-state index in [0.717, 1.165) is 24.2 Å². The summed E-state index contributed by atoms with van der Waals surface area (Å²) in [6, 6.07) is 10.1. The first-order chi connectivity index (χ1) is 11.5. The van der Waals surface area contributed by atoms with Gasteiger partial charge in [-0.15, -0.1) is 0 Å². The second kappa shape index (κ2) is 6.47. The van der Waals surface area contributed by atoms with Crippen molar-refractivity contribution in [3.05, 3.63) is 52.4 Å². The van der Waals surface area contributed by atoms with Crippen molar-refractivity contribution in [2.24, 2.45) is 0 Å². The summed E-state index contributed by atoms with van der Waals surface area (Å²) in [7, 11) is 3.92. The van der Waals surface area contributed by atoms with E-state index in [1.165, 1.54) is 10.7 Å². The third-order valence-electron chi connectivity index (χ3n) is 4.24. The van der Waals surface area contributed by atoms with Crippen molar-refractivity contribution in [3.8, 4) is 0 Å². The first-order valence-electron chi connectivity index (χ1n) is 8.13. The van der Waals surface area contributed by atoms with E-state index in [4.69, 9.17) is 0 Å². The zero-order chi connectivity index (χ0) is 17.3. The molecule has 1 atom stereocenters. The molecule has 1 aliphatic rings. The van der Waals surface area contributed by atoms with Gasteiger partial charge in [-0.1, -0.05) is 0 Å². The molecule has 1 saturated carbocycles. The number of benzene rings is 1. The summed E-state index contributed by atoms with van der Waals surface area (Å²) in [4.78, 5) is 26.5. The van der Waals surface area contributed by atoms with Crippen molar-refractivity contribution in [1.29, 1.82) is 0 Å². The fraction of sp³-hybridized carbons (Fsp3) is 0.389. The third kappa shape index (κ3) is 3.48. The lowest BCUT2D eigenvalue weighted by molar-refractivity contribution is -0.119. The molecular weight excluding hydrogens is 304 g/mol. The van der Waals surface area contributed by atoms with Gasteiger partial charge in [0.2, 0.25) is 5.91 Å². The molecule has 3 rings (SSSR count). The predicted molar refractivity (Wildman–Crippen MR) is 94.6 cm³/mol. The van der Waals surface area contributed by atoms with Crippen LogP contribution in [0.2, 0.25) is 0 Å². The molecule has 126 valence electrons. The average molecular weight is 326 g/mol. The number of carbonyl (C=O) groups excluding carboxylic acids is 1. The molecule has 0 aliphatic heterocycles. The zero-order valence-corrected chi connectivity index (χ0v) is 14.2. The van der Waals surface area contributed by atoms with Crippen LogP contribution in [-0.2, 0) is 4.79 Å².